The van der Waals surface area contributed by atoms with E-state index in [4.69, 9.17) is 4.74 Å². The maximum atomic E-state index is 11.1. The Morgan fingerprint density at radius 3 is 1.47 bits per heavy atom. The van der Waals surface area contributed by atoms with Gasteiger partial charge in [0, 0.05) is 31.1 Å². The minimum Gasteiger partial charge on any atom is -0.507 e. The first-order valence-electron chi connectivity index (χ1n) is 10.7. The van der Waals surface area contributed by atoms with E-state index in [9.17, 15) is 20.4 Å². The van der Waals surface area contributed by atoms with Crippen LogP contribution in [0.4, 0.5) is 0 Å². The second-order valence-electron chi connectivity index (χ2n) is 8.69. The van der Waals surface area contributed by atoms with E-state index in [2.05, 4.69) is 0 Å². The highest BCUT2D eigenvalue weighted by Gasteiger charge is 2.18. The van der Waals surface area contributed by atoms with Gasteiger partial charge in [-0.1, -0.05) is 47.0 Å². The fourth-order valence-corrected chi connectivity index (χ4v) is 4.29. The first-order valence-corrected chi connectivity index (χ1v) is 10.7. The van der Waals surface area contributed by atoms with E-state index in [0.717, 1.165) is 22.3 Å². The summed E-state index contributed by atoms with van der Waals surface area (Å²) in [6.45, 7) is 7.76. The number of rotatable bonds is 7. The molecule has 0 aliphatic carbocycles. The third kappa shape index (κ3) is 5.06. The standard InChI is InChI=1S/C27H32O5/c1-15-6-19(12-21-8-16(2)10-23(14-32-5)26(21)30)25(29)20(7-15)13-22-9-17(3)11-24(18(4)28)27(22)31/h6-11,18,28-31H,12-14H2,1-5H3. The predicted octanol–water partition coefficient (Wildman–Crippen LogP) is 5.11. The lowest BCUT2D eigenvalue weighted by Crippen LogP contribution is -2.01. The Labute approximate surface area is 189 Å². The van der Waals surface area contributed by atoms with Crippen LogP contribution in [0.5, 0.6) is 17.2 Å². The molecule has 3 aromatic carbocycles. The minimum absolute atomic E-state index is 0.0496. The van der Waals surface area contributed by atoms with Crippen molar-refractivity contribution in [2.24, 2.45) is 0 Å². The Balaban J connectivity index is 2.01. The van der Waals surface area contributed by atoms with E-state index >= 15 is 0 Å². The number of aliphatic hydroxyl groups excluding tert-OH is 1. The summed E-state index contributed by atoms with van der Waals surface area (Å²) in [5.41, 5.74) is 6.85. The molecule has 0 saturated heterocycles. The maximum absolute atomic E-state index is 11.1. The number of methoxy groups -OCH3 is 1. The highest BCUT2D eigenvalue weighted by Crippen LogP contribution is 2.36. The highest BCUT2D eigenvalue weighted by atomic mass is 16.5. The molecule has 1 atom stereocenters. The summed E-state index contributed by atoms with van der Waals surface area (Å²) < 4.78 is 5.19. The Hall–Kier alpha value is -3.02. The topological polar surface area (TPSA) is 90.2 Å². The molecule has 1 unspecified atom stereocenters. The van der Waals surface area contributed by atoms with Crippen molar-refractivity contribution in [1.82, 2.24) is 0 Å². The molecule has 3 rings (SSSR count). The van der Waals surface area contributed by atoms with Gasteiger partial charge in [-0.2, -0.15) is 0 Å². The van der Waals surface area contributed by atoms with Gasteiger partial charge in [0.2, 0.25) is 0 Å². The summed E-state index contributed by atoms with van der Waals surface area (Å²) in [5, 5.41) is 42.4. The van der Waals surface area contributed by atoms with E-state index in [1.807, 2.05) is 51.1 Å². The van der Waals surface area contributed by atoms with Crippen LogP contribution in [-0.4, -0.2) is 27.5 Å². The number of ether oxygens (including phenoxy) is 1. The Morgan fingerprint density at radius 1 is 0.656 bits per heavy atom. The molecule has 0 aromatic heterocycles. The summed E-state index contributed by atoms with van der Waals surface area (Å²) >= 11 is 0. The van der Waals surface area contributed by atoms with Crippen molar-refractivity contribution in [3.63, 3.8) is 0 Å². The Morgan fingerprint density at radius 2 is 1.03 bits per heavy atom. The van der Waals surface area contributed by atoms with Gasteiger partial charge in [-0.15, -0.1) is 0 Å². The van der Waals surface area contributed by atoms with Crippen LogP contribution in [-0.2, 0) is 24.2 Å². The van der Waals surface area contributed by atoms with Crippen molar-refractivity contribution in [2.45, 2.75) is 53.2 Å². The molecule has 170 valence electrons. The quantitative estimate of drug-likeness (QED) is 0.413. The number of aliphatic hydroxyl groups is 1. The minimum atomic E-state index is -0.791. The van der Waals surface area contributed by atoms with Crippen LogP contribution in [0.1, 0.15) is 63.1 Å². The molecule has 3 aromatic rings. The molecule has 0 spiro atoms. The number of phenols is 3. The van der Waals surface area contributed by atoms with Gasteiger partial charge < -0.3 is 25.2 Å². The average Bonchev–Trinajstić information content (AvgIpc) is 2.71. The molecule has 32 heavy (non-hydrogen) atoms. The van der Waals surface area contributed by atoms with Crippen molar-refractivity contribution in [3.8, 4) is 17.2 Å². The summed E-state index contributed by atoms with van der Waals surface area (Å²) in [6, 6.07) is 11.2. The van der Waals surface area contributed by atoms with Crippen molar-refractivity contribution < 1.29 is 25.2 Å². The zero-order valence-electron chi connectivity index (χ0n) is 19.4. The second kappa shape index (κ2) is 9.63. The van der Waals surface area contributed by atoms with Gasteiger partial charge >= 0.3 is 0 Å². The number of aromatic hydroxyl groups is 3. The molecule has 5 nitrogen and oxygen atoms in total. The smallest absolute Gasteiger partial charge is 0.124 e. The Kier molecular flexibility index (Phi) is 7.12. The van der Waals surface area contributed by atoms with E-state index in [1.165, 1.54) is 0 Å². The summed E-state index contributed by atoms with van der Waals surface area (Å²) in [5.74, 6) is 0.371. The van der Waals surface area contributed by atoms with E-state index in [1.54, 1.807) is 20.1 Å². The van der Waals surface area contributed by atoms with E-state index in [-0.39, 0.29) is 17.2 Å². The van der Waals surface area contributed by atoms with Crippen LogP contribution >= 0.6 is 0 Å². The molecule has 0 radical (unpaired) electrons. The van der Waals surface area contributed by atoms with Crippen molar-refractivity contribution in [2.75, 3.05) is 7.11 Å². The molecule has 5 heteroatoms. The zero-order valence-corrected chi connectivity index (χ0v) is 19.4. The molecular formula is C27H32O5. The third-order valence-corrected chi connectivity index (χ3v) is 5.70. The first-order chi connectivity index (χ1) is 15.1. The zero-order chi connectivity index (χ0) is 23.6. The molecule has 0 aliphatic rings. The number of hydrogen-bond acceptors (Lipinski definition) is 5. The fraction of sp³-hybridized carbons (Fsp3) is 0.333. The SMILES string of the molecule is COCc1cc(C)cc(Cc2cc(C)cc(Cc3cc(C)cc(C(C)O)c3O)c2O)c1O. The molecule has 0 amide bonds. The Bertz CT molecular complexity index is 1130. The lowest BCUT2D eigenvalue weighted by molar-refractivity contribution is 0.182. The van der Waals surface area contributed by atoms with Crippen molar-refractivity contribution in [3.05, 3.63) is 86.5 Å². The summed E-state index contributed by atoms with van der Waals surface area (Å²) in [7, 11) is 1.59. The molecule has 0 aliphatic heterocycles. The van der Waals surface area contributed by atoms with Crippen LogP contribution in [0, 0.1) is 20.8 Å². The van der Waals surface area contributed by atoms with E-state index in [0.29, 0.717) is 47.3 Å². The van der Waals surface area contributed by atoms with Gasteiger partial charge in [-0.05, 0) is 56.0 Å². The molecule has 0 bridgehead atoms. The lowest BCUT2D eigenvalue weighted by Gasteiger charge is -2.17. The van der Waals surface area contributed by atoms with Crippen LogP contribution < -0.4 is 0 Å². The lowest BCUT2D eigenvalue weighted by atomic mass is 9.92. The van der Waals surface area contributed by atoms with Crippen LogP contribution in [0.15, 0.2) is 36.4 Å². The van der Waals surface area contributed by atoms with Crippen LogP contribution in [0.25, 0.3) is 0 Å². The molecule has 0 fully saturated rings. The second-order valence-corrected chi connectivity index (χ2v) is 8.69. The predicted molar refractivity (Wildman–Crippen MR) is 125 cm³/mol. The third-order valence-electron chi connectivity index (χ3n) is 5.70. The number of aryl methyl sites for hydroxylation is 3. The average molecular weight is 437 g/mol. The monoisotopic (exact) mass is 436 g/mol. The number of phenolic OH excluding ortho intramolecular Hbond substituents is 3. The fourth-order valence-electron chi connectivity index (χ4n) is 4.29. The summed E-state index contributed by atoms with van der Waals surface area (Å²) in [6.07, 6.45) is -0.104. The first kappa shape index (κ1) is 23.6. The van der Waals surface area contributed by atoms with Gasteiger partial charge in [0.05, 0.1) is 12.7 Å². The van der Waals surface area contributed by atoms with Gasteiger partial charge in [-0.25, -0.2) is 0 Å². The van der Waals surface area contributed by atoms with Crippen LogP contribution in [0.3, 0.4) is 0 Å². The van der Waals surface area contributed by atoms with E-state index < -0.39 is 6.10 Å². The molecule has 4 N–H and O–H groups in total. The maximum Gasteiger partial charge on any atom is 0.124 e. The number of benzene rings is 3. The largest absolute Gasteiger partial charge is 0.507 e. The van der Waals surface area contributed by atoms with Gasteiger partial charge in [0.15, 0.2) is 0 Å². The van der Waals surface area contributed by atoms with Gasteiger partial charge in [0.25, 0.3) is 0 Å². The molecular weight excluding hydrogens is 404 g/mol. The van der Waals surface area contributed by atoms with Crippen molar-refractivity contribution in [1.29, 1.82) is 0 Å². The van der Waals surface area contributed by atoms with Crippen molar-refractivity contribution >= 4 is 0 Å². The molecule has 0 heterocycles. The number of hydrogen-bond donors (Lipinski definition) is 4. The van der Waals surface area contributed by atoms with Crippen LogP contribution in [0.2, 0.25) is 0 Å². The highest BCUT2D eigenvalue weighted by molar-refractivity contribution is 5.53. The van der Waals surface area contributed by atoms with Gasteiger partial charge in [-0.3, -0.25) is 0 Å². The van der Waals surface area contributed by atoms with Gasteiger partial charge in [0.1, 0.15) is 17.2 Å². The summed E-state index contributed by atoms with van der Waals surface area (Å²) in [4.78, 5) is 0. The molecule has 0 saturated carbocycles. The normalized spacial score (nSPS) is 12.2.